The van der Waals surface area contributed by atoms with Crippen molar-refractivity contribution >= 4 is 22.4 Å². The zero-order valence-electron chi connectivity index (χ0n) is 9.07. The Morgan fingerprint density at radius 3 is 2.87 bits per heavy atom. The number of nitrogens with zero attached hydrogens (tertiary/aromatic N) is 2. The minimum atomic E-state index is 0.0712. The number of aryl methyl sites for hydroxylation is 1. The fourth-order valence-corrected chi connectivity index (χ4v) is 2.05. The topological polar surface area (TPSA) is 77.3 Å². The summed E-state index contributed by atoms with van der Waals surface area (Å²) in [5, 5.41) is 2.67. The minimum absolute atomic E-state index is 0.0712. The maximum Gasteiger partial charge on any atom is 0.212 e. The molecule has 1 aromatic rings. The molecule has 0 radical (unpaired) electrons. The fourth-order valence-electron chi connectivity index (χ4n) is 1.31. The third-order valence-electron chi connectivity index (χ3n) is 2.05. The molecule has 1 aromatic heterocycles. The van der Waals surface area contributed by atoms with E-state index >= 15 is 0 Å². The Hall–Kier alpha value is -1.10. The molecule has 0 saturated carbocycles. The van der Waals surface area contributed by atoms with E-state index in [2.05, 4.69) is 16.9 Å². The van der Waals surface area contributed by atoms with E-state index in [0.29, 0.717) is 5.13 Å². The van der Waals surface area contributed by atoms with Crippen molar-refractivity contribution in [3.8, 4) is 0 Å². The molecule has 84 valence electrons. The van der Waals surface area contributed by atoms with Crippen LogP contribution in [0.25, 0.3) is 0 Å². The third-order valence-corrected chi connectivity index (χ3v) is 2.83. The van der Waals surface area contributed by atoms with Crippen molar-refractivity contribution in [3.63, 3.8) is 0 Å². The van der Waals surface area contributed by atoms with E-state index in [9.17, 15) is 0 Å². The lowest BCUT2D eigenvalue weighted by Crippen LogP contribution is -2.21. The summed E-state index contributed by atoms with van der Waals surface area (Å²) in [6, 6.07) is 0. The van der Waals surface area contributed by atoms with Crippen LogP contribution in [0.15, 0.2) is 10.4 Å². The van der Waals surface area contributed by atoms with Gasteiger partial charge in [-0.1, -0.05) is 26.2 Å². The molecule has 0 spiro atoms. The normalized spacial score (nSPS) is 10.2. The van der Waals surface area contributed by atoms with E-state index in [-0.39, 0.29) is 5.96 Å². The van der Waals surface area contributed by atoms with Gasteiger partial charge in [0, 0.05) is 5.38 Å². The first-order chi connectivity index (χ1) is 7.22. The second-order valence-electron chi connectivity index (χ2n) is 3.47. The van der Waals surface area contributed by atoms with Crippen molar-refractivity contribution in [1.82, 2.24) is 4.98 Å². The first-order valence-corrected chi connectivity index (χ1v) is 6.14. The SMILES string of the molecule is CCCCCCc1csc(N=C(N)N)n1. The lowest BCUT2D eigenvalue weighted by molar-refractivity contribution is 0.662. The number of nitrogens with two attached hydrogens (primary N) is 2. The van der Waals surface area contributed by atoms with Gasteiger partial charge < -0.3 is 11.5 Å². The number of aliphatic imine (C=N–C) groups is 1. The van der Waals surface area contributed by atoms with Crippen LogP contribution in [0.4, 0.5) is 5.13 Å². The molecule has 0 aliphatic carbocycles. The summed E-state index contributed by atoms with van der Waals surface area (Å²) in [5.74, 6) is 0.0712. The van der Waals surface area contributed by atoms with Crippen LogP contribution in [0.1, 0.15) is 38.3 Å². The molecule has 0 amide bonds. The molecule has 0 atom stereocenters. The third kappa shape index (κ3) is 4.78. The van der Waals surface area contributed by atoms with Crippen molar-refractivity contribution in [2.75, 3.05) is 0 Å². The highest BCUT2D eigenvalue weighted by atomic mass is 32.1. The van der Waals surface area contributed by atoms with Gasteiger partial charge in [0.05, 0.1) is 5.69 Å². The van der Waals surface area contributed by atoms with E-state index in [0.717, 1.165) is 12.1 Å². The van der Waals surface area contributed by atoms with Gasteiger partial charge in [-0.05, 0) is 12.8 Å². The lowest BCUT2D eigenvalue weighted by atomic mass is 10.1. The molecule has 1 heterocycles. The van der Waals surface area contributed by atoms with Crippen molar-refractivity contribution in [3.05, 3.63) is 11.1 Å². The van der Waals surface area contributed by atoms with Crippen LogP contribution in [0.5, 0.6) is 0 Å². The molecular formula is C10H18N4S. The molecule has 1 rings (SSSR count). The molecule has 15 heavy (non-hydrogen) atoms. The summed E-state index contributed by atoms with van der Waals surface area (Å²) in [6.45, 7) is 2.21. The van der Waals surface area contributed by atoms with Crippen LogP contribution >= 0.6 is 11.3 Å². The molecule has 0 saturated heterocycles. The van der Waals surface area contributed by atoms with E-state index in [1.807, 2.05) is 5.38 Å². The Labute approximate surface area is 94.4 Å². The van der Waals surface area contributed by atoms with Crippen LogP contribution in [0.3, 0.4) is 0 Å². The largest absolute Gasteiger partial charge is 0.370 e. The first-order valence-electron chi connectivity index (χ1n) is 5.26. The average Bonchev–Trinajstić information content (AvgIpc) is 2.59. The highest BCUT2D eigenvalue weighted by Gasteiger charge is 2.00. The molecule has 0 aliphatic rings. The van der Waals surface area contributed by atoms with E-state index in [1.54, 1.807) is 0 Å². The van der Waals surface area contributed by atoms with Gasteiger partial charge in [-0.2, -0.15) is 4.99 Å². The standard InChI is InChI=1S/C10H18N4S/c1-2-3-4-5-6-8-7-15-10(13-8)14-9(11)12/h7H,2-6H2,1H3,(H4,11,12,13,14). The van der Waals surface area contributed by atoms with Crippen molar-refractivity contribution < 1.29 is 0 Å². The molecule has 5 heteroatoms. The molecule has 0 bridgehead atoms. The number of unbranched alkanes of at least 4 members (excludes halogenated alkanes) is 3. The zero-order chi connectivity index (χ0) is 11.1. The predicted molar refractivity (Wildman–Crippen MR) is 65.4 cm³/mol. The van der Waals surface area contributed by atoms with Crippen LogP contribution in [-0.4, -0.2) is 10.9 Å². The van der Waals surface area contributed by atoms with Crippen molar-refractivity contribution in [2.45, 2.75) is 39.0 Å². The Morgan fingerprint density at radius 1 is 1.40 bits per heavy atom. The summed E-state index contributed by atoms with van der Waals surface area (Å²) in [7, 11) is 0. The van der Waals surface area contributed by atoms with Gasteiger partial charge >= 0.3 is 0 Å². The Bertz CT molecular complexity index is 315. The maximum atomic E-state index is 5.27. The Balaban J connectivity index is 2.36. The molecule has 4 nitrogen and oxygen atoms in total. The second kappa shape index (κ2) is 6.40. The molecule has 0 fully saturated rings. The first kappa shape index (κ1) is 12.0. The molecule has 0 unspecified atom stereocenters. The van der Waals surface area contributed by atoms with Crippen molar-refractivity contribution in [1.29, 1.82) is 0 Å². The highest BCUT2D eigenvalue weighted by molar-refractivity contribution is 7.13. The summed E-state index contributed by atoms with van der Waals surface area (Å²) < 4.78 is 0. The van der Waals surface area contributed by atoms with Gasteiger partial charge in [0.2, 0.25) is 5.13 Å². The zero-order valence-corrected chi connectivity index (χ0v) is 9.89. The smallest absolute Gasteiger partial charge is 0.212 e. The summed E-state index contributed by atoms with van der Waals surface area (Å²) in [6.07, 6.45) is 6.04. The number of aromatic nitrogens is 1. The van der Waals surface area contributed by atoms with Gasteiger partial charge in [0.1, 0.15) is 0 Å². The molecule has 0 aliphatic heterocycles. The monoisotopic (exact) mass is 226 g/mol. The second-order valence-corrected chi connectivity index (χ2v) is 4.31. The van der Waals surface area contributed by atoms with Crippen LogP contribution in [0.2, 0.25) is 0 Å². The van der Waals surface area contributed by atoms with Gasteiger partial charge in [-0.25, -0.2) is 4.98 Å². The number of rotatable bonds is 6. The maximum absolute atomic E-state index is 5.27. The number of hydrogen-bond acceptors (Lipinski definition) is 3. The summed E-state index contributed by atoms with van der Waals surface area (Å²) in [5.41, 5.74) is 11.6. The quantitative estimate of drug-likeness (QED) is 0.443. The predicted octanol–water partition coefficient (Wildman–Crippen LogP) is 2.17. The number of guanidine groups is 1. The van der Waals surface area contributed by atoms with E-state index in [1.165, 1.54) is 37.0 Å². The molecule has 4 N–H and O–H groups in total. The lowest BCUT2D eigenvalue weighted by Gasteiger charge is -1.95. The van der Waals surface area contributed by atoms with Gasteiger partial charge in [-0.3, -0.25) is 0 Å². The van der Waals surface area contributed by atoms with Crippen molar-refractivity contribution in [2.24, 2.45) is 16.5 Å². The van der Waals surface area contributed by atoms with Gasteiger partial charge in [0.25, 0.3) is 0 Å². The molecular weight excluding hydrogens is 208 g/mol. The van der Waals surface area contributed by atoms with Crippen LogP contribution in [-0.2, 0) is 6.42 Å². The number of hydrogen-bond donors (Lipinski definition) is 2. The summed E-state index contributed by atoms with van der Waals surface area (Å²) in [4.78, 5) is 8.22. The highest BCUT2D eigenvalue weighted by Crippen LogP contribution is 2.19. The van der Waals surface area contributed by atoms with E-state index < -0.39 is 0 Å². The van der Waals surface area contributed by atoms with Crippen LogP contribution in [0, 0.1) is 0 Å². The average molecular weight is 226 g/mol. The Morgan fingerprint density at radius 2 is 2.20 bits per heavy atom. The number of thiazole rings is 1. The van der Waals surface area contributed by atoms with E-state index in [4.69, 9.17) is 11.5 Å². The molecule has 0 aromatic carbocycles. The van der Waals surface area contributed by atoms with Gasteiger partial charge in [0.15, 0.2) is 5.96 Å². The fraction of sp³-hybridized carbons (Fsp3) is 0.600. The minimum Gasteiger partial charge on any atom is -0.370 e. The van der Waals surface area contributed by atoms with Crippen LogP contribution < -0.4 is 11.5 Å². The summed E-state index contributed by atoms with van der Waals surface area (Å²) >= 11 is 1.48. The Kier molecular flexibility index (Phi) is 5.10. The van der Waals surface area contributed by atoms with Gasteiger partial charge in [-0.15, -0.1) is 11.3 Å².